The highest BCUT2D eigenvalue weighted by Gasteiger charge is 2.31. The molecule has 2 fully saturated rings. The topological polar surface area (TPSA) is 82.5 Å². The first-order valence-corrected chi connectivity index (χ1v) is 14.4. The Bertz CT molecular complexity index is 1370. The van der Waals surface area contributed by atoms with E-state index in [0.717, 1.165) is 61.5 Å². The number of halogens is 3. The van der Waals surface area contributed by atoms with Crippen LogP contribution in [0.25, 0.3) is 10.9 Å². The summed E-state index contributed by atoms with van der Waals surface area (Å²) >= 11 is 0. The minimum absolute atomic E-state index is 0.0740. The van der Waals surface area contributed by atoms with Gasteiger partial charge in [0.05, 0.1) is 18.2 Å². The van der Waals surface area contributed by atoms with E-state index in [9.17, 15) is 22.8 Å². The highest BCUT2D eigenvalue weighted by atomic mass is 19.4. The first-order chi connectivity index (χ1) is 19.6. The van der Waals surface area contributed by atoms with Crippen molar-refractivity contribution in [2.45, 2.75) is 77.3 Å². The average Bonchev–Trinajstić information content (AvgIpc) is 3.30. The van der Waals surface area contributed by atoms with Gasteiger partial charge in [0.1, 0.15) is 5.75 Å². The molecule has 2 saturated carbocycles. The number of aryl methyl sites for hydroxylation is 1. The second-order valence-electron chi connectivity index (χ2n) is 11.3. The molecular formula is C31H36F3N3O4. The molecule has 1 heterocycles. The Morgan fingerprint density at radius 3 is 2.46 bits per heavy atom. The number of Topliss-reactive ketones (excluding diaryl/α,β-unsaturated/α-hetero) is 1. The van der Waals surface area contributed by atoms with Gasteiger partial charge in [0.2, 0.25) is 0 Å². The molecule has 2 aliphatic rings. The molecule has 1 N–H and O–H groups in total. The fraction of sp³-hybridized carbons (Fsp3) is 0.516. The van der Waals surface area contributed by atoms with Crippen LogP contribution < -0.4 is 10.1 Å². The van der Waals surface area contributed by atoms with Crippen LogP contribution in [-0.4, -0.2) is 47.1 Å². The molecule has 1 aromatic heterocycles. The lowest BCUT2D eigenvalue weighted by atomic mass is 9.78. The summed E-state index contributed by atoms with van der Waals surface area (Å²) in [7, 11) is 0. The molecule has 1 amide bonds. The summed E-state index contributed by atoms with van der Waals surface area (Å²) in [6.45, 7) is 3.67. The van der Waals surface area contributed by atoms with E-state index in [1.807, 2.05) is 29.9 Å². The largest absolute Gasteiger partial charge is 0.573 e. The zero-order chi connectivity index (χ0) is 29.0. The van der Waals surface area contributed by atoms with Crippen LogP contribution in [0, 0.1) is 18.8 Å². The molecule has 0 radical (unpaired) electrons. The number of alkyl halides is 3. The third-order valence-corrected chi connectivity index (χ3v) is 8.26. The fourth-order valence-corrected chi connectivity index (χ4v) is 5.88. The van der Waals surface area contributed by atoms with E-state index in [2.05, 4.69) is 10.1 Å². The smallest absolute Gasteiger partial charge is 0.406 e. The molecule has 0 saturated heterocycles. The van der Waals surface area contributed by atoms with Gasteiger partial charge in [0.25, 0.3) is 5.91 Å². The molecule has 2 unspecified atom stereocenters. The van der Waals surface area contributed by atoms with Gasteiger partial charge >= 0.3 is 6.36 Å². The summed E-state index contributed by atoms with van der Waals surface area (Å²) < 4.78 is 48.8. The number of nitrogens with one attached hydrogen (secondary N) is 1. The summed E-state index contributed by atoms with van der Waals surface area (Å²) in [6, 6.07) is 8.83. The average molecular weight is 572 g/mol. The minimum Gasteiger partial charge on any atom is -0.406 e. The summed E-state index contributed by atoms with van der Waals surface area (Å²) in [4.78, 5) is 25.6. The summed E-state index contributed by atoms with van der Waals surface area (Å²) in [5.41, 5.74) is 2.76. The molecule has 220 valence electrons. The number of fused-ring (bicyclic) bond motifs is 1. The second kappa shape index (κ2) is 12.6. The van der Waals surface area contributed by atoms with Gasteiger partial charge in [-0.2, -0.15) is 5.10 Å². The number of carbonyl (C=O) groups is 2. The van der Waals surface area contributed by atoms with E-state index in [1.54, 1.807) is 0 Å². The van der Waals surface area contributed by atoms with Gasteiger partial charge in [-0.3, -0.25) is 14.3 Å². The molecule has 2 aliphatic carbocycles. The predicted molar refractivity (Wildman–Crippen MR) is 148 cm³/mol. The number of ether oxygens (including phenoxy) is 2. The molecule has 0 bridgehead atoms. The molecule has 0 spiro atoms. The number of hydrogen-bond donors (Lipinski definition) is 1. The van der Waals surface area contributed by atoms with Crippen LogP contribution in [0.15, 0.2) is 42.6 Å². The van der Waals surface area contributed by atoms with E-state index in [1.165, 1.54) is 30.7 Å². The molecular weight excluding hydrogens is 535 g/mol. The van der Waals surface area contributed by atoms with E-state index < -0.39 is 6.36 Å². The Balaban J connectivity index is 1.14. The van der Waals surface area contributed by atoms with Crippen LogP contribution >= 0.6 is 0 Å². The molecule has 41 heavy (non-hydrogen) atoms. The molecule has 3 aromatic rings. The maximum atomic E-state index is 12.8. The third-order valence-electron chi connectivity index (χ3n) is 8.26. The van der Waals surface area contributed by atoms with Crippen LogP contribution in [0.2, 0.25) is 0 Å². The number of ketones is 1. The first-order valence-electron chi connectivity index (χ1n) is 14.4. The summed E-state index contributed by atoms with van der Waals surface area (Å²) in [5, 5.41) is 8.65. The number of amides is 1. The van der Waals surface area contributed by atoms with Crippen molar-refractivity contribution >= 4 is 22.6 Å². The maximum Gasteiger partial charge on any atom is 0.573 e. The van der Waals surface area contributed by atoms with Crippen LogP contribution in [0.5, 0.6) is 5.75 Å². The number of aromatic nitrogens is 2. The standard InChI is InChI=1S/C31H36F3N3O4/c1-20-26(30(39)35-14-15-40-24-6-3-7-24)12-13-28-27(20)19-37(36-28)18-22-5-2-4-21(16-22)17-29(38)23-8-10-25(11-9-23)41-31(32,33)34/h8-13,19,21-22,24H,2-7,14-18H2,1H3,(H,35,39). The van der Waals surface area contributed by atoms with Gasteiger partial charge in [-0.25, -0.2) is 0 Å². The lowest BCUT2D eigenvalue weighted by molar-refractivity contribution is -0.274. The number of rotatable bonds is 11. The van der Waals surface area contributed by atoms with Crippen molar-refractivity contribution in [3.05, 3.63) is 59.3 Å². The lowest BCUT2D eigenvalue weighted by Crippen LogP contribution is -2.31. The maximum absolute atomic E-state index is 12.8. The Morgan fingerprint density at radius 1 is 1.02 bits per heavy atom. The van der Waals surface area contributed by atoms with Gasteiger partial charge in [-0.05, 0) is 99.2 Å². The van der Waals surface area contributed by atoms with Crippen LogP contribution in [0.3, 0.4) is 0 Å². The van der Waals surface area contributed by atoms with Crippen molar-refractivity contribution < 1.29 is 32.2 Å². The molecule has 7 nitrogen and oxygen atoms in total. The highest BCUT2D eigenvalue weighted by Crippen LogP contribution is 2.34. The molecule has 10 heteroatoms. The van der Waals surface area contributed by atoms with Gasteiger partial charge in [-0.15, -0.1) is 13.2 Å². The van der Waals surface area contributed by atoms with Gasteiger partial charge in [0, 0.05) is 42.2 Å². The SMILES string of the molecule is Cc1c(C(=O)NCCOC2CCC2)ccc2nn(CC3CCCC(CC(=O)c4ccc(OC(F)(F)F)cc4)C3)cc12. The number of benzene rings is 2. The first kappa shape index (κ1) is 29.1. The molecule has 5 rings (SSSR count). The Kier molecular flexibility index (Phi) is 8.97. The highest BCUT2D eigenvalue weighted by molar-refractivity contribution is 6.00. The number of carbonyl (C=O) groups excluding carboxylic acids is 2. The number of nitrogens with zero attached hydrogens (tertiary/aromatic N) is 2. The van der Waals surface area contributed by atoms with E-state index >= 15 is 0 Å². The van der Waals surface area contributed by atoms with Crippen molar-refractivity contribution in [1.82, 2.24) is 15.1 Å². The van der Waals surface area contributed by atoms with Gasteiger partial charge in [0.15, 0.2) is 5.78 Å². The monoisotopic (exact) mass is 571 g/mol. The second-order valence-corrected chi connectivity index (χ2v) is 11.3. The summed E-state index contributed by atoms with van der Waals surface area (Å²) in [5.74, 6) is 0.0433. The molecule has 2 atom stereocenters. The Morgan fingerprint density at radius 2 is 1.76 bits per heavy atom. The molecule has 2 aromatic carbocycles. The Hall–Kier alpha value is -3.40. The lowest BCUT2D eigenvalue weighted by Gasteiger charge is -2.28. The van der Waals surface area contributed by atoms with Crippen LogP contribution in [0.4, 0.5) is 13.2 Å². The zero-order valence-electron chi connectivity index (χ0n) is 23.2. The van der Waals surface area contributed by atoms with Gasteiger partial charge < -0.3 is 14.8 Å². The van der Waals surface area contributed by atoms with Crippen molar-refractivity contribution in [3.63, 3.8) is 0 Å². The van der Waals surface area contributed by atoms with E-state index in [0.29, 0.717) is 42.7 Å². The van der Waals surface area contributed by atoms with Crippen molar-refractivity contribution in [1.29, 1.82) is 0 Å². The Labute approximate surface area is 237 Å². The van der Waals surface area contributed by atoms with E-state index in [-0.39, 0.29) is 23.4 Å². The summed E-state index contributed by atoms with van der Waals surface area (Å²) in [6.07, 6.45) is 5.26. The van der Waals surface area contributed by atoms with Crippen molar-refractivity contribution in [2.24, 2.45) is 11.8 Å². The zero-order valence-corrected chi connectivity index (χ0v) is 23.2. The van der Waals surface area contributed by atoms with E-state index in [4.69, 9.17) is 9.84 Å². The third kappa shape index (κ3) is 7.67. The fourth-order valence-electron chi connectivity index (χ4n) is 5.88. The quantitative estimate of drug-likeness (QED) is 0.207. The van der Waals surface area contributed by atoms with Crippen LogP contribution in [-0.2, 0) is 11.3 Å². The van der Waals surface area contributed by atoms with Crippen LogP contribution in [0.1, 0.15) is 77.6 Å². The predicted octanol–water partition coefficient (Wildman–Crippen LogP) is 6.62. The number of hydrogen-bond acceptors (Lipinski definition) is 5. The van der Waals surface area contributed by atoms with Crippen molar-refractivity contribution in [3.8, 4) is 5.75 Å². The molecule has 0 aliphatic heterocycles. The van der Waals surface area contributed by atoms with Gasteiger partial charge in [-0.1, -0.05) is 6.42 Å². The van der Waals surface area contributed by atoms with Crippen molar-refractivity contribution in [2.75, 3.05) is 13.2 Å². The normalized spacial score (nSPS) is 19.6. The minimum atomic E-state index is -4.76.